The summed E-state index contributed by atoms with van der Waals surface area (Å²) in [6, 6.07) is 9.43. The second kappa shape index (κ2) is 11.2. The summed E-state index contributed by atoms with van der Waals surface area (Å²) in [5.41, 5.74) is 2.60. The van der Waals surface area contributed by atoms with Gasteiger partial charge in [-0.25, -0.2) is 0 Å². The minimum atomic E-state index is -0.366. The van der Waals surface area contributed by atoms with Crippen molar-refractivity contribution in [1.82, 2.24) is 24.7 Å². The molecular weight excluding hydrogens is 450 g/mol. The first-order valence-electron chi connectivity index (χ1n) is 11.6. The lowest BCUT2D eigenvalue weighted by molar-refractivity contribution is -0.139. The number of ether oxygens (including phenoxy) is 2. The summed E-state index contributed by atoms with van der Waals surface area (Å²) < 4.78 is 18.5. The van der Waals surface area contributed by atoms with Gasteiger partial charge >= 0.3 is 0 Å². The molecule has 35 heavy (non-hydrogen) atoms. The van der Waals surface area contributed by atoms with E-state index in [-0.39, 0.29) is 30.9 Å². The van der Waals surface area contributed by atoms with E-state index in [4.69, 9.17) is 14.0 Å². The molecule has 1 saturated heterocycles. The molecule has 0 N–H and O–H groups in total. The quantitative estimate of drug-likeness (QED) is 0.462. The molecule has 0 saturated carbocycles. The SMILES string of the molecule is COc1cccc(CN2CC(OCc3c(C)noc3C)CN(C(=O)CCn3cccn3)CC2=O)c1. The van der Waals surface area contributed by atoms with Gasteiger partial charge in [-0.05, 0) is 37.6 Å². The molecule has 2 amide bonds. The number of carbonyl (C=O) groups is 2. The molecule has 4 rings (SSSR count). The van der Waals surface area contributed by atoms with Crippen molar-refractivity contribution in [3.63, 3.8) is 0 Å². The standard InChI is InChI=1S/C25H31N5O5/c1-18-23(19(2)35-27-18)17-34-22-14-28(13-20-6-4-7-21(12-20)33-3)25(32)16-29(15-22)24(31)8-11-30-10-5-9-26-30/h4-7,9-10,12,22H,8,11,13-17H2,1-3H3. The Morgan fingerprint density at radius 3 is 2.80 bits per heavy atom. The highest BCUT2D eigenvalue weighted by Crippen LogP contribution is 2.19. The molecule has 2 aromatic heterocycles. The highest BCUT2D eigenvalue weighted by atomic mass is 16.5. The van der Waals surface area contributed by atoms with Crippen molar-refractivity contribution in [2.75, 3.05) is 26.7 Å². The van der Waals surface area contributed by atoms with Crippen LogP contribution in [-0.4, -0.2) is 69.4 Å². The molecule has 1 atom stereocenters. The molecule has 1 aromatic carbocycles. The summed E-state index contributed by atoms with van der Waals surface area (Å²) in [5.74, 6) is 1.20. The van der Waals surface area contributed by atoms with Crippen molar-refractivity contribution in [1.29, 1.82) is 0 Å². The highest BCUT2D eigenvalue weighted by Gasteiger charge is 2.31. The third-order valence-electron chi connectivity index (χ3n) is 6.15. The predicted molar refractivity (Wildman–Crippen MR) is 126 cm³/mol. The highest BCUT2D eigenvalue weighted by molar-refractivity contribution is 5.85. The molecule has 1 aliphatic rings. The van der Waals surface area contributed by atoms with Crippen LogP contribution >= 0.6 is 0 Å². The van der Waals surface area contributed by atoms with Crippen molar-refractivity contribution in [2.45, 2.75) is 46.1 Å². The summed E-state index contributed by atoms with van der Waals surface area (Å²) in [6.07, 6.45) is 3.37. The zero-order valence-corrected chi connectivity index (χ0v) is 20.3. The van der Waals surface area contributed by atoms with Crippen LogP contribution in [0.2, 0.25) is 0 Å². The third-order valence-corrected chi connectivity index (χ3v) is 6.15. The largest absolute Gasteiger partial charge is 0.497 e. The molecule has 10 heteroatoms. The van der Waals surface area contributed by atoms with Crippen molar-refractivity contribution in [2.24, 2.45) is 0 Å². The first-order valence-corrected chi connectivity index (χ1v) is 11.6. The number of hydrogen-bond donors (Lipinski definition) is 0. The summed E-state index contributed by atoms with van der Waals surface area (Å²) in [5, 5.41) is 8.14. The zero-order valence-electron chi connectivity index (χ0n) is 20.3. The molecule has 1 fully saturated rings. The van der Waals surface area contributed by atoms with Gasteiger partial charge in [0, 0.05) is 50.6 Å². The summed E-state index contributed by atoms with van der Waals surface area (Å²) >= 11 is 0. The molecule has 3 heterocycles. The van der Waals surface area contributed by atoms with Gasteiger partial charge in [-0.15, -0.1) is 0 Å². The second-order valence-corrected chi connectivity index (χ2v) is 8.65. The Labute approximate surface area is 204 Å². The van der Waals surface area contributed by atoms with E-state index >= 15 is 0 Å². The zero-order chi connectivity index (χ0) is 24.8. The van der Waals surface area contributed by atoms with E-state index in [0.717, 1.165) is 22.6 Å². The van der Waals surface area contributed by atoms with Gasteiger partial charge in [-0.3, -0.25) is 14.3 Å². The van der Waals surface area contributed by atoms with E-state index in [9.17, 15) is 9.59 Å². The lowest BCUT2D eigenvalue weighted by Gasteiger charge is -2.25. The van der Waals surface area contributed by atoms with Crippen molar-refractivity contribution in [3.8, 4) is 5.75 Å². The number of aryl methyl sites for hydroxylation is 3. The predicted octanol–water partition coefficient (Wildman–Crippen LogP) is 2.34. The van der Waals surface area contributed by atoms with E-state index in [2.05, 4.69) is 10.3 Å². The lowest BCUT2D eigenvalue weighted by atomic mass is 10.2. The number of amides is 2. The molecule has 0 radical (unpaired) electrons. The average molecular weight is 482 g/mol. The molecule has 10 nitrogen and oxygen atoms in total. The van der Waals surface area contributed by atoms with Crippen LogP contribution in [0.15, 0.2) is 47.2 Å². The fraction of sp³-hybridized carbons (Fsp3) is 0.440. The van der Waals surface area contributed by atoms with E-state index < -0.39 is 0 Å². The van der Waals surface area contributed by atoms with Gasteiger partial charge in [-0.1, -0.05) is 17.3 Å². The van der Waals surface area contributed by atoms with Crippen LogP contribution in [0.3, 0.4) is 0 Å². The smallest absolute Gasteiger partial charge is 0.242 e. The summed E-state index contributed by atoms with van der Waals surface area (Å²) in [7, 11) is 1.61. The van der Waals surface area contributed by atoms with Gasteiger partial charge in [-0.2, -0.15) is 5.10 Å². The van der Waals surface area contributed by atoms with Crippen molar-refractivity contribution >= 4 is 11.8 Å². The van der Waals surface area contributed by atoms with Gasteiger partial charge in [0.05, 0.1) is 32.1 Å². The number of methoxy groups -OCH3 is 1. The molecule has 1 unspecified atom stereocenters. The van der Waals surface area contributed by atoms with Gasteiger partial charge in [0.25, 0.3) is 0 Å². The number of hydrogen-bond acceptors (Lipinski definition) is 7. The minimum absolute atomic E-state index is 0.00703. The maximum Gasteiger partial charge on any atom is 0.242 e. The molecule has 186 valence electrons. The van der Waals surface area contributed by atoms with Crippen LogP contribution < -0.4 is 4.74 Å². The third kappa shape index (κ3) is 6.27. The molecular formula is C25H31N5O5. The minimum Gasteiger partial charge on any atom is -0.497 e. The number of aromatic nitrogens is 3. The topological polar surface area (TPSA) is 103 Å². The van der Waals surface area contributed by atoms with Gasteiger partial charge in [0.2, 0.25) is 11.8 Å². The average Bonchev–Trinajstić information content (AvgIpc) is 3.45. The van der Waals surface area contributed by atoms with E-state index in [1.807, 2.05) is 50.4 Å². The Bertz CT molecular complexity index is 1120. The monoisotopic (exact) mass is 481 g/mol. The lowest BCUT2D eigenvalue weighted by Crippen LogP contribution is -2.40. The van der Waals surface area contributed by atoms with Crippen molar-refractivity contribution < 1.29 is 23.6 Å². The van der Waals surface area contributed by atoms with E-state index in [1.165, 1.54) is 0 Å². The number of rotatable bonds is 9. The van der Waals surface area contributed by atoms with Crippen molar-refractivity contribution in [3.05, 3.63) is 65.3 Å². The van der Waals surface area contributed by atoms with E-state index in [0.29, 0.717) is 38.5 Å². The number of carbonyl (C=O) groups excluding carboxylic acids is 2. The van der Waals surface area contributed by atoms with Crippen LogP contribution in [0.4, 0.5) is 0 Å². The molecule has 3 aromatic rings. The molecule has 1 aliphatic heterocycles. The van der Waals surface area contributed by atoms with Crippen LogP contribution in [0.1, 0.15) is 29.0 Å². The Balaban J connectivity index is 1.49. The number of nitrogens with zero attached hydrogens (tertiary/aromatic N) is 5. The second-order valence-electron chi connectivity index (χ2n) is 8.65. The van der Waals surface area contributed by atoms with Crippen LogP contribution in [0, 0.1) is 13.8 Å². The summed E-state index contributed by atoms with van der Waals surface area (Å²) in [4.78, 5) is 29.6. The molecule has 0 aliphatic carbocycles. The fourth-order valence-electron chi connectivity index (χ4n) is 4.13. The molecule has 0 spiro atoms. The Morgan fingerprint density at radius 2 is 2.09 bits per heavy atom. The first-order chi connectivity index (χ1) is 16.9. The van der Waals surface area contributed by atoms with Gasteiger partial charge in [0.1, 0.15) is 11.5 Å². The Morgan fingerprint density at radius 1 is 1.23 bits per heavy atom. The van der Waals surface area contributed by atoms with Gasteiger partial charge < -0.3 is 23.8 Å². The Hall–Kier alpha value is -3.66. The van der Waals surface area contributed by atoms with Crippen LogP contribution in [0.5, 0.6) is 5.75 Å². The molecule has 0 bridgehead atoms. The summed E-state index contributed by atoms with van der Waals surface area (Å²) in [6.45, 7) is 5.55. The normalized spacial score (nSPS) is 16.4. The van der Waals surface area contributed by atoms with Gasteiger partial charge in [0.15, 0.2) is 0 Å². The maximum absolute atomic E-state index is 13.2. The number of benzene rings is 1. The van der Waals surface area contributed by atoms with E-state index in [1.54, 1.807) is 27.8 Å². The Kier molecular flexibility index (Phi) is 7.81. The maximum atomic E-state index is 13.2. The van der Waals surface area contributed by atoms with Crippen LogP contribution in [-0.2, 0) is 34.0 Å². The fourth-order valence-corrected chi connectivity index (χ4v) is 4.13. The first kappa shape index (κ1) is 24.5. The van der Waals surface area contributed by atoms with Crippen LogP contribution in [0.25, 0.3) is 0 Å².